The van der Waals surface area contributed by atoms with Crippen molar-refractivity contribution in [1.29, 1.82) is 0 Å². The molecule has 0 aliphatic heterocycles. The molecule has 148 valence electrons. The molecule has 0 aromatic heterocycles. The van der Waals surface area contributed by atoms with Crippen LogP contribution in [0.15, 0.2) is 71.8 Å². The minimum Gasteiger partial charge on any atom is -0.493 e. The van der Waals surface area contributed by atoms with Crippen LogP contribution in [0.3, 0.4) is 0 Å². The van der Waals surface area contributed by atoms with Gasteiger partial charge in [0.05, 0.1) is 23.9 Å². The lowest BCUT2D eigenvalue weighted by atomic mass is 10.2. The molecule has 0 heterocycles. The van der Waals surface area contributed by atoms with Gasteiger partial charge in [-0.3, -0.25) is 15.5 Å². The molecule has 0 amide bonds. The van der Waals surface area contributed by atoms with Crippen LogP contribution in [0.4, 0.5) is 15.8 Å². The first-order valence-electron chi connectivity index (χ1n) is 8.64. The number of hydrogen-bond acceptors (Lipinski definition) is 6. The summed E-state index contributed by atoms with van der Waals surface area (Å²) in [5, 5.41) is 14.8. The molecule has 3 rings (SSSR count). The van der Waals surface area contributed by atoms with Crippen molar-refractivity contribution in [2.45, 2.75) is 6.61 Å². The standard InChI is InChI=1S/C21H18FN3O4/c1-28-21-12-15(13-23-24-17-7-9-18(10-8-17)25(26)27)6-11-20(21)29-14-16-4-2-3-5-19(16)22/h2-13,24H,14H2,1H3/b23-13-. The zero-order chi connectivity index (χ0) is 20.6. The predicted octanol–water partition coefficient (Wildman–Crippen LogP) is 4.77. The Morgan fingerprint density at radius 3 is 2.55 bits per heavy atom. The molecule has 0 atom stereocenters. The highest BCUT2D eigenvalue weighted by atomic mass is 19.1. The van der Waals surface area contributed by atoms with Crippen molar-refractivity contribution in [3.63, 3.8) is 0 Å². The molecule has 0 bridgehead atoms. The van der Waals surface area contributed by atoms with Crippen LogP contribution in [0, 0.1) is 15.9 Å². The van der Waals surface area contributed by atoms with Crippen molar-refractivity contribution in [2.24, 2.45) is 5.10 Å². The molecular weight excluding hydrogens is 377 g/mol. The second-order valence-corrected chi connectivity index (χ2v) is 5.96. The zero-order valence-corrected chi connectivity index (χ0v) is 15.5. The summed E-state index contributed by atoms with van der Waals surface area (Å²) >= 11 is 0. The Morgan fingerprint density at radius 1 is 1.10 bits per heavy atom. The van der Waals surface area contributed by atoms with Crippen molar-refractivity contribution in [3.8, 4) is 11.5 Å². The first kappa shape index (κ1) is 19.8. The van der Waals surface area contributed by atoms with E-state index < -0.39 is 4.92 Å². The van der Waals surface area contributed by atoms with E-state index in [1.54, 1.807) is 54.7 Å². The lowest BCUT2D eigenvalue weighted by molar-refractivity contribution is -0.384. The third-order valence-corrected chi connectivity index (χ3v) is 4.01. The Morgan fingerprint density at radius 2 is 1.86 bits per heavy atom. The first-order valence-corrected chi connectivity index (χ1v) is 8.64. The third kappa shape index (κ3) is 5.29. The summed E-state index contributed by atoms with van der Waals surface area (Å²) in [5.41, 5.74) is 4.62. The van der Waals surface area contributed by atoms with Gasteiger partial charge >= 0.3 is 0 Å². The molecule has 0 unspecified atom stereocenters. The van der Waals surface area contributed by atoms with Gasteiger partial charge < -0.3 is 9.47 Å². The highest BCUT2D eigenvalue weighted by Crippen LogP contribution is 2.28. The fourth-order valence-corrected chi connectivity index (χ4v) is 2.49. The van der Waals surface area contributed by atoms with E-state index in [4.69, 9.17) is 9.47 Å². The summed E-state index contributed by atoms with van der Waals surface area (Å²) in [4.78, 5) is 10.2. The van der Waals surface area contributed by atoms with Crippen LogP contribution in [-0.2, 0) is 6.61 Å². The van der Waals surface area contributed by atoms with Gasteiger partial charge in [0.1, 0.15) is 12.4 Å². The molecule has 0 aliphatic rings. The number of hydrazone groups is 1. The molecule has 29 heavy (non-hydrogen) atoms. The number of nitro groups is 1. The molecular formula is C21H18FN3O4. The van der Waals surface area contributed by atoms with Crippen molar-refractivity contribution >= 4 is 17.6 Å². The summed E-state index contributed by atoms with van der Waals surface area (Å²) in [5.74, 6) is 0.643. The molecule has 0 aliphatic carbocycles. The lowest BCUT2D eigenvalue weighted by Crippen LogP contribution is -2.00. The van der Waals surface area contributed by atoms with Crippen LogP contribution in [0.25, 0.3) is 0 Å². The number of nitro benzene ring substituents is 1. The van der Waals surface area contributed by atoms with E-state index >= 15 is 0 Å². The number of hydrogen-bond donors (Lipinski definition) is 1. The zero-order valence-electron chi connectivity index (χ0n) is 15.5. The quantitative estimate of drug-likeness (QED) is 0.337. The minimum atomic E-state index is -0.463. The largest absolute Gasteiger partial charge is 0.493 e. The van der Waals surface area contributed by atoms with E-state index in [1.165, 1.54) is 25.3 Å². The Kier molecular flexibility index (Phi) is 6.36. The maximum atomic E-state index is 13.7. The monoisotopic (exact) mass is 395 g/mol. The van der Waals surface area contributed by atoms with Crippen molar-refractivity contribution in [3.05, 3.63) is 93.8 Å². The topological polar surface area (TPSA) is 86.0 Å². The van der Waals surface area contributed by atoms with E-state index in [0.29, 0.717) is 22.7 Å². The highest BCUT2D eigenvalue weighted by Gasteiger charge is 2.08. The average Bonchev–Trinajstić information content (AvgIpc) is 2.74. The molecule has 1 N–H and O–H groups in total. The van der Waals surface area contributed by atoms with Gasteiger partial charge in [0, 0.05) is 17.7 Å². The molecule has 8 heteroatoms. The first-order chi connectivity index (χ1) is 14.1. The Hall–Kier alpha value is -3.94. The van der Waals surface area contributed by atoms with Crippen molar-refractivity contribution in [2.75, 3.05) is 12.5 Å². The molecule has 0 saturated carbocycles. The Balaban J connectivity index is 1.64. The summed E-state index contributed by atoms with van der Waals surface area (Å²) < 4.78 is 24.7. The number of halogens is 1. The van der Waals surface area contributed by atoms with Crippen LogP contribution < -0.4 is 14.9 Å². The molecule has 7 nitrogen and oxygen atoms in total. The van der Waals surface area contributed by atoms with Gasteiger partial charge in [-0.15, -0.1) is 0 Å². The van der Waals surface area contributed by atoms with Crippen LogP contribution in [-0.4, -0.2) is 18.2 Å². The average molecular weight is 395 g/mol. The van der Waals surface area contributed by atoms with Gasteiger partial charge in [-0.05, 0) is 42.0 Å². The fourth-order valence-electron chi connectivity index (χ4n) is 2.49. The number of ether oxygens (including phenoxy) is 2. The molecule has 0 spiro atoms. The smallest absolute Gasteiger partial charge is 0.269 e. The number of anilines is 1. The summed E-state index contributed by atoms with van der Waals surface area (Å²) in [6, 6.07) is 17.6. The van der Waals surface area contributed by atoms with Gasteiger partial charge in [-0.1, -0.05) is 18.2 Å². The lowest BCUT2D eigenvalue weighted by Gasteiger charge is -2.11. The maximum absolute atomic E-state index is 13.7. The molecule has 0 fully saturated rings. The van der Waals surface area contributed by atoms with Gasteiger partial charge in [0.2, 0.25) is 0 Å². The van der Waals surface area contributed by atoms with Crippen LogP contribution >= 0.6 is 0 Å². The SMILES string of the molecule is COc1cc(/C=N\Nc2ccc([N+](=O)[O-])cc2)ccc1OCc1ccccc1F. The Bertz CT molecular complexity index is 1020. The number of rotatable bonds is 8. The fraction of sp³-hybridized carbons (Fsp3) is 0.0952. The number of methoxy groups -OCH3 is 1. The van der Waals surface area contributed by atoms with Crippen LogP contribution in [0.5, 0.6) is 11.5 Å². The summed E-state index contributed by atoms with van der Waals surface area (Å²) in [6.07, 6.45) is 1.57. The van der Waals surface area contributed by atoms with Gasteiger partial charge in [0.25, 0.3) is 5.69 Å². The van der Waals surface area contributed by atoms with Gasteiger partial charge in [-0.2, -0.15) is 5.10 Å². The minimum absolute atomic E-state index is 0.00948. The van der Waals surface area contributed by atoms with Crippen LogP contribution in [0.1, 0.15) is 11.1 Å². The number of nitrogens with zero attached hydrogens (tertiary/aromatic N) is 2. The normalized spacial score (nSPS) is 10.7. The van der Waals surface area contributed by atoms with E-state index in [1.807, 2.05) is 0 Å². The van der Waals surface area contributed by atoms with E-state index in [-0.39, 0.29) is 18.1 Å². The summed E-state index contributed by atoms with van der Waals surface area (Å²) in [7, 11) is 1.52. The third-order valence-electron chi connectivity index (χ3n) is 4.01. The van der Waals surface area contributed by atoms with E-state index in [9.17, 15) is 14.5 Å². The van der Waals surface area contributed by atoms with E-state index in [2.05, 4.69) is 10.5 Å². The second kappa shape index (κ2) is 9.32. The van der Waals surface area contributed by atoms with Crippen molar-refractivity contribution in [1.82, 2.24) is 0 Å². The molecule has 3 aromatic carbocycles. The van der Waals surface area contributed by atoms with Crippen molar-refractivity contribution < 1.29 is 18.8 Å². The number of nitrogens with one attached hydrogen (secondary N) is 1. The second-order valence-electron chi connectivity index (χ2n) is 5.96. The molecule has 0 radical (unpaired) electrons. The van der Waals surface area contributed by atoms with Gasteiger partial charge in [0.15, 0.2) is 11.5 Å². The molecule has 3 aromatic rings. The predicted molar refractivity (Wildman–Crippen MR) is 108 cm³/mol. The maximum Gasteiger partial charge on any atom is 0.269 e. The number of benzene rings is 3. The number of non-ortho nitro benzene ring substituents is 1. The highest BCUT2D eigenvalue weighted by molar-refractivity contribution is 5.81. The summed E-state index contributed by atoms with van der Waals surface area (Å²) in [6.45, 7) is 0.0815. The Labute approximate surface area is 166 Å². The van der Waals surface area contributed by atoms with Gasteiger partial charge in [-0.25, -0.2) is 4.39 Å². The molecule has 0 saturated heterocycles. The van der Waals surface area contributed by atoms with Crippen LogP contribution in [0.2, 0.25) is 0 Å². The van der Waals surface area contributed by atoms with E-state index in [0.717, 1.165) is 5.56 Å².